The standard InChI is InChI=1S/C17H16FN5O2/c1-17(2)8-23(16(25)22(17)3)15(24)12-5-10-11-4-9(18)6-20-14(11)21-13(10)7-19-12/h4-7H,8H2,1-3H3,(H,20,21). The number of carbonyl (C=O) groups is 2. The number of likely N-dealkylation sites (N-methyl/N-ethyl adjacent to an activating group) is 1. The number of rotatable bonds is 1. The van der Waals surface area contributed by atoms with E-state index in [0.717, 1.165) is 6.20 Å². The van der Waals surface area contributed by atoms with Crippen LogP contribution in [0.25, 0.3) is 21.9 Å². The van der Waals surface area contributed by atoms with Crippen molar-refractivity contribution >= 4 is 33.9 Å². The molecule has 0 aromatic carbocycles. The van der Waals surface area contributed by atoms with Crippen LogP contribution < -0.4 is 0 Å². The van der Waals surface area contributed by atoms with Crippen molar-refractivity contribution in [2.24, 2.45) is 0 Å². The quantitative estimate of drug-likeness (QED) is 0.737. The first-order chi connectivity index (χ1) is 11.8. The van der Waals surface area contributed by atoms with Crippen LogP contribution in [0.4, 0.5) is 9.18 Å². The summed E-state index contributed by atoms with van der Waals surface area (Å²) in [6, 6.07) is 2.56. The average Bonchev–Trinajstić information content (AvgIpc) is 3.03. The van der Waals surface area contributed by atoms with E-state index in [1.165, 1.54) is 22.1 Å². The van der Waals surface area contributed by atoms with E-state index in [0.29, 0.717) is 21.9 Å². The van der Waals surface area contributed by atoms with Crippen molar-refractivity contribution in [1.82, 2.24) is 24.8 Å². The number of aromatic amines is 1. The van der Waals surface area contributed by atoms with Crippen molar-refractivity contribution in [2.75, 3.05) is 13.6 Å². The minimum absolute atomic E-state index is 0.136. The first-order valence-corrected chi connectivity index (χ1v) is 7.80. The normalized spacial score (nSPS) is 17.0. The molecule has 25 heavy (non-hydrogen) atoms. The Hall–Kier alpha value is -3.03. The van der Waals surface area contributed by atoms with Gasteiger partial charge in [0.1, 0.15) is 17.2 Å². The van der Waals surface area contributed by atoms with E-state index in [2.05, 4.69) is 15.0 Å². The van der Waals surface area contributed by atoms with Gasteiger partial charge in [0, 0.05) is 17.8 Å². The minimum atomic E-state index is -0.469. The van der Waals surface area contributed by atoms with Crippen molar-refractivity contribution in [3.05, 3.63) is 36.0 Å². The van der Waals surface area contributed by atoms with Crippen LogP contribution in [0.15, 0.2) is 24.5 Å². The van der Waals surface area contributed by atoms with Crippen LogP contribution in [0.1, 0.15) is 24.3 Å². The van der Waals surface area contributed by atoms with Crippen LogP contribution in [0.5, 0.6) is 0 Å². The van der Waals surface area contributed by atoms with Gasteiger partial charge < -0.3 is 9.88 Å². The Morgan fingerprint density at radius 1 is 1.24 bits per heavy atom. The first kappa shape index (κ1) is 15.5. The van der Waals surface area contributed by atoms with E-state index in [1.807, 2.05) is 13.8 Å². The zero-order chi connectivity index (χ0) is 17.9. The molecule has 0 unspecified atom stereocenters. The number of nitrogens with zero attached hydrogens (tertiary/aromatic N) is 4. The zero-order valence-corrected chi connectivity index (χ0v) is 14.0. The summed E-state index contributed by atoms with van der Waals surface area (Å²) in [5.41, 5.74) is 0.859. The molecule has 1 N–H and O–H groups in total. The zero-order valence-electron chi connectivity index (χ0n) is 14.0. The molecule has 0 bridgehead atoms. The minimum Gasteiger partial charge on any atom is -0.338 e. The molecule has 7 nitrogen and oxygen atoms in total. The molecule has 0 aliphatic carbocycles. The van der Waals surface area contributed by atoms with E-state index < -0.39 is 17.3 Å². The number of hydrogen-bond donors (Lipinski definition) is 1. The number of fused-ring (bicyclic) bond motifs is 3. The number of aromatic nitrogens is 3. The van der Waals surface area contributed by atoms with Crippen molar-refractivity contribution in [3.8, 4) is 0 Å². The molecule has 1 fully saturated rings. The highest BCUT2D eigenvalue weighted by Gasteiger charge is 2.44. The van der Waals surface area contributed by atoms with Gasteiger partial charge in [-0.1, -0.05) is 0 Å². The highest BCUT2D eigenvalue weighted by atomic mass is 19.1. The summed E-state index contributed by atoms with van der Waals surface area (Å²) in [5.74, 6) is -0.931. The second-order valence-corrected chi connectivity index (χ2v) is 6.84. The molecule has 8 heteroatoms. The van der Waals surface area contributed by atoms with E-state index in [4.69, 9.17) is 0 Å². The van der Waals surface area contributed by atoms with Gasteiger partial charge in [0.2, 0.25) is 0 Å². The fourth-order valence-electron chi connectivity index (χ4n) is 3.06. The molecule has 4 heterocycles. The monoisotopic (exact) mass is 341 g/mol. The predicted molar refractivity (Wildman–Crippen MR) is 89.6 cm³/mol. The number of imide groups is 1. The summed E-state index contributed by atoms with van der Waals surface area (Å²) >= 11 is 0. The maximum Gasteiger partial charge on any atom is 0.327 e. The Bertz CT molecular complexity index is 1040. The largest absolute Gasteiger partial charge is 0.338 e. The van der Waals surface area contributed by atoms with Gasteiger partial charge in [-0.25, -0.2) is 19.2 Å². The molecule has 1 aliphatic rings. The number of amides is 3. The van der Waals surface area contributed by atoms with Gasteiger partial charge in [0.25, 0.3) is 5.91 Å². The van der Waals surface area contributed by atoms with E-state index in [9.17, 15) is 14.0 Å². The van der Waals surface area contributed by atoms with Gasteiger partial charge in [0.05, 0.1) is 30.0 Å². The molecule has 3 aromatic rings. The van der Waals surface area contributed by atoms with Crippen LogP contribution in [0.2, 0.25) is 0 Å². The van der Waals surface area contributed by atoms with Gasteiger partial charge in [-0.05, 0) is 26.0 Å². The lowest BCUT2D eigenvalue weighted by atomic mass is 10.1. The first-order valence-electron chi connectivity index (χ1n) is 7.80. The molecule has 0 spiro atoms. The third kappa shape index (κ3) is 2.25. The van der Waals surface area contributed by atoms with Gasteiger partial charge in [0.15, 0.2) is 0 Å². The van der Waals surface area contributed by atoms with Crippen LogP contribution in [0, 0.1) is 5.82 Å². The molecule has 3 amide bonds. The summed E-state index contributed by atoms with van der Waals surface area (Å²) in [4.78, 5) is 39.0. The Morgan fingerprint density at radius 2 is 2.00 bits per heavy atom. The summed E-state index contributed by atoms with van der Waals surface area (Å²) < 4.78 is 13.5. The second-order valence-electron chi connectivity index (χ2n) is 6.84. The van der Waals surface area contributed by atoms with Crippen LogP contribution in [-0.4, -0.2) is 55.8 Å². The number of halogens is 1. The van der Waals surface area contributed by atoms with Crippen LogP contribution >= 0.6 is 0 Å². The van der Waals surface area contributed by atoms with Gasteiger partial charge in [-0.15, -0.1) is 0 Å². The average molecular weight is 341 g/mol. The van der Waals surface area contributed by atoms with E-state index >= 15 is 0 Å². The number of H-pyrrole nitrogens is 1. The molecule has 128 valence electrons. The fraction of sp³-hybridized carbons (Fsp3) is 0.294. The lowest BCUT2D eigenvalue weighted by Gasteiger charge is -2.24. The number of pyridine rings is 2. The predicted octanol–water partition coefficient (Wildman–Crippen LogP) is 2.54. The second kappa shape index (κ2) is 4.98. The molecule has 1 saturated heterocycles. The fourth-order valence-corrected chi connectivity index (χ4v) is 3.06. The maximum atomic E-state index is 13.5. The Balaban J connectivity index is 1.79. The maximum absolute atomic E-state index is 13.5. The van der Waals surface area contributed by atoms with Crippen molar-refractivity contribution in [3.63, 3.8) is 0 Å². The lowest BCUT2D eigenvalue weighted by Crippen LogP contribution is -2.38. The Kier molecular flexibility index (Phi) is 3.09. The molecule has 0 radical (unpaired) electrons. The molecular formula is C17H16FN5O2. The lowest BCUT2D eigenvalue weighted by molar-refractivity contribution is 0.0814. The Morgan fingerprint density at radius 3 is 2.68 bits per heavy atom. The van der Waals surface area contributed by atoms with Crippen molar-refractivity contribution in [1.29, 1.82) is 0 Å². The van der Waals surface area contributed by atoms with E-state index in [1.54, 1.807) is 13.1 Å². The smallest absolute Gasteiger partial charge is 0.327 e. The van der Waals surface area contributed by atoms with Gasteiger partial charge >= 0.3 is 6.03 Å². The number of hydrogen-bond acceptors (Lipinski definition) is 4. The van der Waals surface area contributed by atoms with Gasteiger partial charge in [-0.3, -0.25) is 9.69 Å². The topological polar surface area (TPSA) is 82.2 Å². The van der Waals surface area contributed by atoms with E-state index in [-0.39, 0.29) is 18.3 Å². The number of nitrogens with one attached hydrogen (secondary N) is 1. The molecular weight excluding hydrogens is 325 g/mol. The van der Waals surface area contributed by atoms with Gasteiger partial charge in [-0.2, -0.15) is 0 Å². The summed E-state index contributed by atoms with van der Waals surface area (Å²) in [7, 11) is 1.67. The number of urea groups is 1. The molecule has 3 aromatic heterocycles. The molecule has 1 aliphatic heterocycles. The number of carbonyl (C=O) groups excluding carboxylic acids is 2. The highest BCUT2D eigenvalue weighted by molar-refractivity contribution is 6.10. The Labute approximate surface area is 142 Å². The SMILES string of the molecule is CN1C(=O)N(C(=O)c2cc3c(cn2)[nH]c2ncc(F)cc23)CC1(C)C. The third-order valence-electron chi connectivity index (χ3n) is 4.74. The highest BCUT2D eigenvalue weighted by Crippen LogP contribution is 2.28. The van der Waals surface area contributed by atoms with Crippen molar-refractivity contribution in [2.45, 2.75) is 19.4 Å². The summed E-state index contributed by atoms with van der Waals surface area (Å²) in [6.45, 7) is 4.07. The summed E-state index contributed by atoms with van der Waals surface area (Å²) in [5, 5.41) is 1.20. The van der Waals surface area contributed by atoms with Crippen molar-refractivity contribution < 1.29 is 14.0 Å². The van der Waals surface area contributed by atoms with Crippen LogP contribution in [-0.2, 0) is 0 Å². The summed E-state index contributed by atoms with van der Waals surface area (Å²) in [6.07, 6.45) is 2.62. The molecule has 4 rings (SSSR count). The molecule has 0 atom stereocenters. The van der Waals surface area contributed by atoms with Crippen LogP contribution in [0.3, 0.4) is 0 Å². The third-order valence-corrected chi connectivity index (χ3v) is 4.74. The molecule has 0 saturated carbocycles.